The Morgan fingerprint density at radius 1 is 1.06 bits per heavy atom. The first kappa shape index (κ1) is 25.0. The van der Waals surface area contributed by atoms with Gasteiger partial charge in [-0.3, -0.25) is 0 Å². The van der Waals surface area contributed by atoms with Gasteiger partial charge in [-0.15, -0.1) is 0 Å². The summed E-state index contributed by atoms with van der Waals surface area (Å²) in [6, 6.07) is 18.7. The van der Waals surface area contributed by atoms with Gasteiger partial charge in [0.1, 0.15) is 24.9 Å². The summed E-state index contributed by atoms with van der Waals surface area (Å²) in [4.78, 5) is 12.2. The van der Waals surface area contributed by atoms with Crippen LogP contribution in [0.4, 0.5) is 8.78 Å². The zero-order valence-electron chi connectivity index (χ0n) is 19.7. The Bertz CT molecular complexity index is 1190. The molecule has 0 aliphatic carbocycles. The lowest BCUT2D eigenvalue weighted by Gasteiger charge is -2.16. The second-order valence-electron chi connectivity index (χ2n) is 7.59. The van der Waals surface area contributed by atoms with E-state index in [1.807, 2.05) is 60.0 Å². The van der Waals surface area contributed by atoms with E-state index >= 15 is 0 Å². The van der Waals surface area contributed by atoms with Crippen LogP contribution in [0.3, 0.4) is 0 Å². The molecule has 0 saturated carbocycles. The quantitative estimate of drug-likeness (QED) is 0.235. The molecule has 0 N–H and O–H groups in total. The van der Waals surface area contributed by atoms with E-state index in [0.717, 1.165) is 22.6 Å². The molecule has 1 aromatic heterocycles. The third kappa shape index (κ3) is 5.81. The molecular formula is C28H29F2NO3. The third-order valence-corrected chi connectivity index (χ3v) is 5.30. The van der Waals surface area contributed by atoms with E-state index in [4.69, 9.17) is 9.47 Å². The molecule has 6 heteroatoms. The highest BCUT2D eigenvalue weighted by Gasteiger charge is 2.16. The topological polar surface area (TPSA) is 40.5 Å². The van der Waals surface area contributed by atoms with Gasteiger partial charge >= 0.3 is 5.97 Å². The molecule has 4 nitrogen and oxygen atoms in total. The second-order valence-corrected chi connectivity index (χ2v) is 7.59. The van der Waals surface area contributed by atoms with Crippen LogP contribution in [0, 0.1) is 6.92 Å². The fraction of sp³-hybridized carbons (Fsp3) is 0.250. The summed E-state index contributed by atoms with van der Waals surface area (Å²) in [5.41, 5.74) is 4.21. The molecular weight excluding hydrogens is 436 g/mol. The van der Waals surface area contributed by atoms with Crippen LogP contribution in [0.5, 0.6) is 5.75 Å². The molecule has 178 valence electrons. The fourth-order valence-corrected chi connectivity index (χ4v) is 3.67. The molecule has 1 heterocycles. The van der Waals surface area contributed by atoms with E-state index in [9.17, 15) is 13.6 Å². The van der Waals surface area contributed by atoms with E-state index in [2.05, 4.69) is 0 Å². The number of para-hydroxylation sites is 1. The van der Waals surface area contributed by atoms with E-state index in [1.54, 1.807) is 26.0 Å². The van der Waals surface area contributed by atoms with Crippen molar-refractivity contribution in [1.82, 2.24) is 4.57 Å². The number of halogens is 2. The second kappa shape index (κ2) is 12.0. The monoisotopic (exact) mass is 465 g/mol. The van der Waals surface area contributed by atoms with Gasteiger partial charge in [-0.2, -0.15) is 0 Å². The number of hydrogen-bond donors (Lipinski definition) is 0. The molecule has 34 heavy (non-hydrogen) atoms. The highest BCUT2D eigenvalue weighted by atomic mass is 19.1. The number of aryl methyl sites for hydroxylation is 1. The zero-order valence-corrected chi connectivity index (χ0v) is 19.7. The number of hydrogen-bond acceptors (Lipinski definition) is 3. The largest absolute Gasteiger partial charge is 0.488 e. The number of carbonyl (C=O) groups excluding carboxylic acids is 1. The minimum Gasteiger partial charge on any atom is -0.488 e. The number of carbonyl (C=O) groups is 1. The van der Waals surface area contributed by atoms with Gasteiger partial charge in [0.25, 0.3) is 0 Å². The van der Waals surface area contributed by atoms with Gasteiger partial charge in [0.2, 0.25) is 0 Å². The predicted octanol–water partition coefficient (Wildman–Crippen LogP) is 7.17. The molecule has 0 radical (unpaired) electrons. The van der Waals surface area contributed by atoms with Gasteiger partial charge in [-0.1, -0.05) is 37.3 Å². The first-order chi connectivity index (χ1) is 16.5. The van der Waals surface area contributed by atoms with Gasteiger partial charge in [0, 0.05) is 22.5 Å². The molecule has 0 saturated heterocycles. The Balaban J connectivity index is 1.99. The van der Waals surface area contributed by atoms with Crippen molar-refractivity contribution in [1.29, 1.82) is 0 Å². The number of alkyl halides is 1. The van der Waals surface area contributed by atoms with Crippen LogP contribution in [0.2, 0.25) is 0 Å². The van der Waals surface area contributed by atoms with E-state index in [0.29, 0.717) is 23.5 Å². The van der Waals surface area contributed by atoms with Crippen molar-refractivity contribution in [3.63, 3.8) is 0 Å². The minimum atomic E-state index is -0.672. The summed E-state index contributed by atoms with van der Waals surface area (Å²) in [6.45, 7) is 5.06. The minimum absolute atomic E-state index is 0.0226. The van der Waals surface area contributed by atoms with E-state index in [-0.39, 0.29) is 24.8 Å². The van der Waals surface area contributed by atoms with E-state index in [1.165, 1.54) is 12.2 Å². The first-order valence-electron chi connectivity index (χ1n) is 11.3. The number of nitrogens with zero attached hydrogens (tertiary/aromatic N) is 1. The summed E-state index contributed by atoms with van der Waals surface area (Å²) < 4.78 is 40.0. The Morgan fingerprint density at radius 2 is 1.85 bits per heavy atom. The Labute approximate surface area is 199 Å². The number of aromatic nitrogens is 1. The third-order valence-electron chi connectivity index (χ3n) is 5.30. The maximum absolute atomic E-state index is 14.3. The molecule has 0 amide bonds. The lowest BCUT2D eigenvalue weighted by Crippen LogP contribution is -2.07. The van der Waals surface area contributed by atoms with E-state index < -0.39 is 6.67 Å². The van der Waals surface area contributed by atoms with Gasteiger partial charge in [0.05, 0.1) is 17.9 Å². The normalized spacial score (nSPS) is 12.0. The smallest absolute Gasteiger partial charge is 0.338 e. The Hall–Kier alpha value is -3.67. The van der Waals surface area contributed by atoms with Crippen molar-refractivity contribution >= 4 is 5.97 Å². The fourth-order valence-electron chi connectivity index (χ4n) is 3.67. The first-order valence-corrected chi connectivity index (χ1v) is 11.3. The number of ether oxygens (including phenoxy) is 2. The lowest BCUT2D eigenvalue weighted by molar-refractivity contribution is 0.0526. The average Bonchev–Trinajstić information content (AvgIpc) is 3.25. The summed E-state index contributed by atoms with van der Waals surface area (Å²) >= 11 is 0. The number of rotatable bonds is 10. The molecule has 0 unspecified atom stereocenters. The van der Waals surface area contributed by atoms with Crippen molar-refractivity contribution in [2.75, 3.05) is 19.9 Å². The van der Waals surface area contributed by atoms with Crippen LogP contribution in [0.1, 0.15) is 36.3 Å². The van der Waals surface area contributed by atoms with Gasteiger partial charge in [-0.25, -0.2) is 13.6 Å². The van der Waals surface area contributed by atoms with Gasteiger partial charge in [-0.05, 0) is 62.7 Å². The summed E-state index contributed by atoms with van der Waals surface area (Å²) in [6.07, 6.45) is 2.90. The Morgan fingerprint density at radius 3 is 2.59 bits per heavy atom. The molecule has 3 rings (SSSR count). The highest BCUT2D eigenvalue weighted by Crippen LogP contribution is 2.34. The number of benzene rings is 2. The van der Waals surface area contributed by atoms with Crippen LogP contribution in [0.15, 0.2) is 84.2 Å². The van der Waals surface area contributed by atoms with Crippen LogP contribution in [0.25, 0.3) is 16.9 Å². The molecule has 2 aromatic carbocycles. The van der Waals surface area contributed by atoms with Crippen molar-refractivity contribution in [3.8, 4) is 22.7 Å². The molecule has 0 fully saturated rings. The van der Waals surface area contributed by atoms with Crippen molar-refractivity contribution in [3.05, 3.63) is 95.5 Å². The van der Waals surface area contributed by atoms with Crippen molar-refractivity contribution < 1.29 is 23.0 Å². The summed E-state index contributed by atoms with van der Waals surface area (Å²) in [7, 11) is 0. The van der Waals surface area contributed by atoms with Crippen molar-refractivity contribution in [2.45, 2.75) is 27.2 Å². The standard InChI is InChI=1S/C28H29F2NO3/c1-4-25(30)22(11-9-17-29)19-34-27-14-7-6-13-24(27)26-16-15-20(3)31(26)23-12-8-10-21(18-23)28(32)33-5-2/h6-16,18H,4-5,17,19H2,1-3H3/b11-9-,25-22-. The molecule has 0 bridgehead atoms. The van der Waals surface area contributed by atoms with Gasteiger partial charge < -0.3 is 14.0 Å². The summed E-state index contributed by atoms with van der Waals surface area (Å²) in [5.74, 6) is -0.145. The van der Waals surface area contributed by atoms with Crippen molar-refractivity contribution in [2.24, 2.45) is 0 Å². The SMILES string of the molecule is CCOC(=O)c1cccc(-n2c(C)ccc2-c2ccccc2OCC(/C=C\CF)=C(\F)CC)c1. The predicted molar refractivity (Wildman–Crippen MR) is 131 cm³/mol. The molecule has 0 spiro atoms. The molecule has 0 aliphatic rings. The van der Waals surface area contributed by atoms with Crippen LogP contribution >= 0.6 is 0 Å². The maximum atomic E-state index is 14.3. The number of allylic oxidation sites excluding steroid dienone is 2. The zero-order chi connectivity index (χ0) is 24.5. The number of esters is 1. The highest BCUT2D eigenvalue weighted by molar-refractivity contribution is 5.90. The molecule has 0 aliphatic heterocycles. The van der Waals surface area contributed by atoms with Gasteiger partial charge in [0.15, 0.2) is 0 Å². The van der Waals surface area contributed by atoms with Crippen LogP contribution in [-0.2, 0) is 4.74 Å². The van der Waals surface area contributed by atoms with Crippen LogP contribution < -0.4 is 4.74 Å². The molecule has 3 aromatic rings. The maximum Gasteiger partial charge on any atom is 0.338 e. The average molecular weight is 466 g/mol. The summed E-state index contributed by atoms with van der Waals surface area (Å²) in [5, 5.41) is 0. The van der Waals surface area contributed by atoms with Crippen LogP contribution in [-0.4, -0.2) is 30.4 Å². The Kier molecular flexibility index (Phi) is 8.79. The molecule has 0 atom stereocenters. The lowest BCUT2D eigenvalue weighted by atomic mass is 10.1.